The maximum atomic E-state index is 6.01. The first-order chi connectivity index (χ1) is 14.6. The van der Waals surface area contributed by atoms with Crippen molar-refractivity contribution in [2.45, 2.75) is 33.9 Å². The average Bonchev–Trinajstić information content (AvgIpc) is 3.12. The van der Waals surface area contributed by atoms with Gasteiger partial charge in [0.2, 0.25) is 5.89 Å². The average molecular weight is 407 g/mol. The van der Waals surface area contributed by atoms with Crippen LogP contribution in [0.1, 0.15) is 29.6 Å². The van der Waals surface area contributed by atoms with Crippen LogP contribution in [0.3, 0.4) is 0 Å². The van der Waals surface area contributed by atoms with Crippen molar-refractivity contribution in [2.24, 2.45) is 0 Å². The fraction of sp³-hybridized carbons (Fsp3) is 0.417. The molecule has 0 N–H and O–H groups in total. The van der Waals surface area contributed by atoms with Crippen LogP contribution in [0.25, 0.3) is 11.5 Å². The smallest absolute Gasteiger partial charge is 0.230 e. The van der Waals surface area contributed by atoms with Crippen LogP contribution in [0.4, 0.5) is 0 Å². The third-order valence-corrected chi connectivity index (χ3v) is 5.64. The van der Waals surface area contributed by atoms with Crippen molar-refractivity contribution in [3.05, 3.63) is 65.3 Å². The zero-order valence-corrected chi connectivity index (χ0v) is 18.1. The van der Waals surface area contributed by atoms with E-state index in [-0.39, 0.29) is 0 Å². The molecule has 3 aromatic rings. The summed E-state index contributed by atoms with van der Waals surface area (Å²) in [6.45, 7) is 12.6. The van der Waals surface area contributed by atoms with E-state index in [1.807, 2.05) is 50.4 Å². The molecule has 0 atom stereocenters. The molecule has 6 nitrogen and oxygen atoms in total. The number of aromatic nitrogens is 2. The molecular weight excluding hydrogens is 376 g/mol. The fourth-order valence-electron chi connectivity index (χ4n) is 3.83. The molecule has 0 saturated carbocycles. The van der Waals surface area contributed by atoms with E-state index in [2.05, 4.69) is 27.8 Å². The Kier molecular flexibility index (Phi) is 6.45. The van der Waals surface area contributed by atoms with E-state index in [1.165, 1.54) is 11.3 Å². The van der Waals surface area contributed by atoms with Crippen molar-refractivity contribution in [3.63, 3.8) is 0 Å². The van der Waals surface area contributed by atoms with Crippen LogP contribution < -0.4 is 4.74 Å². The van der Waals surface area contributed by atoms with Crippen LogP contribution in [-0.4, -0.2) is 52.6 Å². The summed E-state index contributed by atoms with van der Waals surface area (Å²) < 4.78 is 11.7. The van der Waals surface area contributed by atoms with E-state index in [9.17, 15) is 0 Å². The van der Waals surface area contributed by atoms with E-state index in [4.69, 9.17) is 14.1 Å². The molecule has 3 heterocycles. The summed E-state index contributed by atoms with van der Waals surface area (Å²) >= 11 is 0. The number of ether oxygens (including phenoxy) is 1. The normalized spacial score (nSPS) is 15.4. The van der Waals surface area contributed by atoms with Crippen LogP contribution in [0.2, 0.25) is 0 Å². The molecular formula is C24H30N4O2. The Bertz CT molecular complexity index is 977. The number of pyridine rings is 1. The van der Waals surface area contributed by atoms with Gasteiger partial charge >= 0.3 is 0 Å². The Morgan fingerprint density at radius 3 is 2.33 bits per heavy atom. The van der Waals surface area contributed by atoms with Crippen LogP contribution >= 0.6 is 0 Å². The lowest BCUT2D eigenvalue weighted by Gasteiger charge is -2.34. The summed E-state index contributed by atoms with van der Waals surface area (Å²) in [5.74, 6) is 2.32. The highest BCUT2D eigenvalue weighted by Gasteiger charge is 2.21. The maximum absolute atomic E-state index is 6.01. The first-order valence-electron chi connectivity index (χ1n) is 10.7. The molecule has 2 aromatic heterocycles. The lowest BCUT2D eigenvalue weighted by molar-refractivity contribution is 0.119. The molecule has 4 rings (SSSR count). The second kappa shape index (κ2) is 9.41. The summed E-state index contributed by atoms with van der Waals surface area (Å²) in [4.78, 5) is 14.3. The Hall–Kier alpha value is -2.70. The highest BCUT2D eigenvalue weighted by Crippen LogP contribution is 2.31. The first kappa shape index (κ1) is 20.6. The number of rotatable bonds is 7. The highest BCUT2D eigenvalue weighted by molar-refractivity contribution is 5.63. The largest absolute Gasteiger partial charge is 0.493 e. The molecule has 0 amide bonds. The van der Waals surface area contributed by atoms with Crippen LogP contribution in [0.5, 0.6) is 5.75 Å². The van der Waals surface area contributed by atoms with Gasteiger partial charge in [0.25, 0.3) is 0 Å². The first-order valence-corrected chi connectivity index (χ1v) is 10.7. The van der Waals surface area contributed by atoms with E-state index in [0.29, 0.717) is 12.5 Å². The summed E-state index contributed by atoms with van der Waals surface area (Å²) in [5.41, 5.74) is 4.35. The van der Waals surface area contributed by atoms with E-state index in [0.717, 1.165) is 62.0 Å². The molecule has 1 aliphatic heterocycles. The van der Waals surface area contributed by atoms with Gasteiger partial charge in [0.05, 0.1) is 23.6 Å². The van der Waals surface area contributed by atoms with Crippen molar-refractivity contribution < 1.29 is 9.15 Å². The molecule has 0 radical (unpaired) electrons. The molecule has 30 heavy (non-hydrogen) atoms. The van der Waals surface area contributed by atoms with Gasteiger partial charge in [-0.2, -0.15) is 0 Å². The van der Waals surface area contributed by atoms with Gasteiger partial charge in [0.15, 0.2) is 0 Å². The molecule has 1 aliphatic rings. The Morgan fingerprint density at radius 1 is 0.933 bits per heavy atom. The summed E-state index contributed by atoms with van der Waals surface area (Å²) in [6.07, 6.45) is 1.88. The van der Waals surface area contributed by atoms with Crippen molar-refractivity contribution >= 4 is 0 Å². The van der Waals surface area contributed by atoms with E-state index in [1.54, 1.807) is 0 Å². The molecule has 1 aromatic carbocycles. The second-order valence-corrected chi connectivity index (χ2v) is 7.77. The Balaban J connectivity index is 1.38. The van der Waals surface area contributed by atoms with E-state index < -0.39 is 0 Å². The minimum Gasteiger partial charge on any atom is -0.493 e. The predicted octanol–water partition coefficient (Wildman–Crippen LogP) is 4.07. The second-order valence-electron chi connectivity index (χ2n) is 7.77. The molecule has 0 aliphatic carbocycles. The summed E-state index contributed by atoms with van der Waals surface area (Å²) in [6, 6.07) is 12.0. The van der Waals surface area contributed by atoms with Crippen LogP contribution in [0, 0.1) is 13.8 Å². The zero-order valence-electron chi connectivity index (χ0n) is 18.1. The topological polar surface area (TPSA) is 54.6 Å². The molecule has 0 bridgehead atoms. The van der Waals surface area contributed by atoms with Crippen LogP contribution in [-0.2, 0) is 13.1 Å². The minimum atomic E-state index is 0.617. The van der Waals surface area contributed by atoms with Gasteiger partial charge in [-0.15, -0.1) is 0 Å². The molecule has 6 heteroatoms. The van der Waals surface area contributed by atoms with Crippen molar-refractivity contribution in [2.75, 3.05) is 32.8 Å². The molecule has 158 valence electrons. The SMILES string of the molecule is CCOc1ccccc1-c1nc(CN2CCN(Cc3ncccc3C)CC2)c(C)o1. The van der Waals surface area contributed by atoms with Gasteiger partial charge in [0.1, 0.15) is 11.5 Å². The van der Waals surface area contributed by atoms with Gasteiger partial charge < -0.3 is 9.15 Å². The zero-order chi connectivity index (χ0) is 20.9. The number of hydrogen-bond acceptors (Lipinski definition) is 6. The Morgan fingerprint density at radius 2 is 1.63 bits per heavy atom. The number of nitrogens with zero attached hydrogens (tertiary/aromatic N) is 4. The molecule has 1 fully saturated rings. The quantitative estimate of drug-likeness (QED) is 0.590. The van der Waals surface area contributed by atoms with Gasteiger partial charge in [-0.25, -0.2) is 4.98 Å². The standard InChI is InChI=1S/C24H30N4O2/c1-4-29-23-10-6-5-9-20(23)24-26-22(19(3)30-24)17-28-14-12-27(13-15-28)16-21-18(2)8-7-11-25-21/h5-11H,4,12-17H2,1-3H3. The molecule has 1 saturated heterocycles. The van der Waals surface area contributed by atoms with Crippen molar-refractivity contribution in [3.8, 4) is 17.2 Å². The molecule has 0 unspecified atom stereocenters. The van der Waals surface area contributed by atoms with Gasteiger partial charge in [0, 0.05) is 45.5 Å². The number of hydrogen-bond donors (Lipinski definition) is 0. The van der Waals surface area contributed by atoms with Crippen molar-refractivity contribution in [1.82, 2.24) is 19.8 Å². The van der Waals surface area contributed by atoms with Crippen molar-refractivity contribution in [1.29, 1.82) is 0 Å². The fourth-order valence-corrected chi connectivity index (χ4v) is 3.83. The van der Waals surface area contributed by atoms with E-state index >= 15 is 0 Å². The monoisotopic (exact) mass is 406 g/mol. The third-order valence-electron chi connectivity index (χ3n) is 5.64. The number of benzene rings is 1. The minimum absolute atomic E-state index is 0.617. The number of oxazole rings is 1. The lowest BCUT2D eigenvalue weighted by atomic mass is 10.2. The number of aryl methyl sites for hydroxylation is 2. The lowest BCUT2D eigenvalue weighted by Crippen LogP contribution is -2.45. The number of para-hydroxylation sites is 1. The van der Waals surface area contributed by atoms with Gasteiger partial charge in [-0.3, -0.25) is 14.8 Å². The summed E-state index contributed by atoms with van der Waals surface area (Å²) in [5, 5.41) is 0. The predicted molar refractivity (Wildman–Crippen MR) is 117 cm³/mol. The molecule has 0 spiro atoms. The number of piperazine rings is 1. The summed E-state index contributed by atoms with van der Waals surface area (Å²) in [7, 11) is 0. The third kappa shape index (κ3) is 4.71. The van der Waals surface area contributed by atoms with Gasteiger partial charge in [-0.05, 0) is 44.5 Å². The van der Waals surface area contributed by atoms with Crippen LogP contribution in [0.15, 0.2) is 47.0 Å². The maximum Gasteiger partial charge on any atom is 0.230 e. The Labute approximate surface area is 178 Å². The van der Waals surface area contributed by atoms with Gasteiger partial charge in [-0.1, -0.05) is 18.2 Å². The highest BCUT2D eigenvalue weighted by atomic mass is 16.5.